The Bertz CT molecular complexity index is 1150. The molecule has 0 bridgehead atoms. The highest BCUT2D eigenvalue weighted by atomic mass is 32.2. The highest BCUT2D eigenvalue weighted by Crippen LogP contribution is 2.21. The molecule has 2 aromatic carbocycles. The lowest BCUT2D eigenvalue weighted by molar-refractivity contribution is -0.135. The number of hydrogen-bond acceptors (Lipinski definition) is 6. The molecule has 1 atom stereocenters. The van der Waals surface area contributed by atoms with Gasteiger partial charge in [0.2, 0.25) is 27.8 Å². The molecule has 11 nitrogen and oxygen atoms in total. The fourth-order valence-electron chi connectivity index (χ4n) is 3.74. The average Bonchev–Trinajstić information content (AvgIpc) is 2.80. The number of nitrogens with two attached hydrogens (primary N) is 2. The SMILES string of the molecule is NC(N)=NOCCNC(=O)CCCN1CCC[C@H](NS(=O)(=O)c2ccc3ccccc3c2)C1=O. The Balaban J connectivity index is 1.48. The van der Waals surface area contributed by atoms with Gasteiger partial charge in [0.05, 0.1) is 11.4 Å². The third-order valence-corrected chi connectivity index (χ3v) is 6.85. The van der Waals surface area contributed by atoms with Crippen molar-refractivity contribution in [3.63, 3.8) is 0 Å². The summed E-state index contributed by atoms with van der Waals surface area (Å²) in [6.07, 6.45) is 1.78. The van der Waals surface area contributed by atoms with E-state index in [1.54, 1.807) is 17.0 Å². The molecule has 184 valence electrons. The van der Waals surface area contributed by atoms with Gasteiger partial charge in [-0.15, -0.1) is 0 Å². The van der Waals surface area contributed by atoms with E-state index < -0.39 is 16.1 Å². The van der Waals surface area contributed by atoms with E-state index in [9.17, 15) is 18.0 Å². The molecule has 2 amide bonds. The molecule has 1 aliphatic heterocycles. The Kier molecular flexibility index (Phi) is 8.66. The lowest BCUT2D eigenvalue weighted by atomic mass is 10.1. The summed E-state index contributed by atoms with van der Waals surface area (Å²) in [5, 5.41) is 7.76. The van der Waals surface area contributed by atoms with Crippen molar-refractivity contribution in [3.05, 3.63) is 42.5 Å². The number of piperidine rings is 1. The van der Waals surface area contributed by atoms with E-state index in [1.165, 1.54) is 6.07 Å². The molecule has 2 aromatic rings. The second-order valence-electron chi connectivity index (χ2n) is 7.95. The summed E-state index contributed by atoms with van der Waals surface area (Å²) in [5.41, 5.74) is 10.2. The van der Waals surface area contributed by atoms with Gasteiger partial charge in [0.25, 0.3) is 0 Å². The lowest BCUT2D eigenvalue weighted by Gasteiger charge is -2.32. The van der Waals surface area contributed by atoms with Crippen LogP contribution in [-0.2, 0) is 24.4 Å². The van der Waals surface area contributed by atoms with E-state index in [1.807, 2.05) is 24.3 Å². The fourth-order valence-corrected chi connectivity index (χ4v) is 5.00. The van der Waals surface area contributed by atoms with Gasteiger partial charge >= 0.3 is 0 Å². The minimum absolute atomic E-state index is 0.122. The first kappa shape index (κ1) is 25.2. The topological polar surface area (TPSA) is 169 Å². The standard InChI is InChI=1S/C22H30N6O5S/c23-22(24)26-33-14-11-25-20(29)8-4-13-28-12-3-7-19(21(28)30)27-34(31,32)18-10-9-16-5-1-2-6-17(16)15-18/h1-2,5-6,9-10,15,19,27H,3-4,7-8,11-14H2,(H,25,29)(H4,23,24,26)/t19-/m0/s1. The maximum absolute atomic E-state index is 12.9. The summed E-state index contributed by atoms with van der Waals surface area (Å²) in [6.45, 7) is 1.27. The molecule has 12 heteroatoms. The molecule has 0 unspecified atom stereocenters. The average molecular weight is 491 g/mol. The van der Waals surface area contributed by atoms with Crippen molar-refractivity contribution in [2.45, 2.75) is 36.6 Å². The number of sulfonamides is 1. The summed E-state index contributed by atoms with van der Waals surface area (Å²) in [5.74, 6) is -0.664. The van der Waals surface area contributed by atoms with Crippen molar-refractivity contribution in [2.75, 3.05) is 26.2 Å². The van der Waals surface area contributed by atoms with Crippen molar-refractivity contribution < 1.29 is 22.8 Å². The molecule has 1 aliphatic rings. The molecule has 6 N–H and O–H groups in total. The zero-order valence-electron chi connectivity index (χ0n) is 18.8. The Morgan fingerprint density at radius 1 is 1.18 bits per heavy atom. The molecule has 0 spiro atoms. The quantitative estimate of drug-likeness (QED) is 0.151. The van der Waals surface area contributed by atoms with Gasteiger partial charge in [0.1, 0.15) is 12.6 Å². The Hall–Kier alpha value is -3.38. The van der Waals surface area contributed by atoms with Crippen molar-refractivity contribution in [1.29, 1.82) is 0 Å². The van der Waals surface area contributed by atoms with Crippen LogP contribution in [0.2, 0.25) is 0 Å². The van der Waals surface area contributed by atoms with Crippen LogP contribution in [0.5, 0.6) is 0 Å². The number of oxime groups is 1. The van der Waals surface area contributed by atoms with Crippen LogP contribution in [-0.4, -0.2) is 63.4 Å². The third kappa shape index (κ3) is 7.06. The van der Waals surface area contributed by atoms with Crippen molar-refractivity contribution in [3.8, 4) is 0 Å². The van der Waals surface area contributed by atoms with E-state index in [2.05, 4.69) is 15.2 Å². The Morgan fingerprint density at radius 3 is 2.71 bits per heavy atom. The number of guanidine groups is 1. The molecule has 1 fully saturated rings. The molecule has 34 heavy (non-hydrogen) atoms. The van der Waals surface area contributed by atoms with Gasteiger partial charge in [-0.3, -0.25) is 9.59 Å². The molecule has 0 radical (unpaired) electrons. The van der Waals surface area contributed by atoms with Crippen LogP contribution >= 0.6 is 0 Å². The number of benzene rings is 2. The van der Waals surface area contributed by atoms with E-state index in [-0.39, 0.29) is 42.2 Å². The van der Waals surface area contributed by atoms with Crippen LogP contribution in [0.3, 0.4) is 0 Å². The van der Waals surface area contributed by atoms with Gasteiger partial charge in [0, 0.05) is 19.5 Å². The minimum atomic E-state index is -3.86. The first-order chi connectivity index (χ1) is 16.3. The van der Waals surface area contributed by atoms with Crippen LogP contribution in [0.4, 0.5) is 0 Å². The number of carbonyl (C=O) groups is 2. The molecule has 0 aliphatic carbocycles. The Morgan fingerprint density at radius 2 is 1.94 bits per heavy atom. The van der Waals surface area contributed by atoms with Crippen LogP contribution in [0.15, 0.2) is 52.5 Å². The number of rotatable bonds is 11. The summed E-state index contributed by atoms with van der Waals surface area (Å²) in [4.78, 5) is 31.3. The zero-order chi connectivity index (χ0) is 24.6. The summed E-state index contributed by atoms with van der Waals surface area (Å²) >= 11 is 0. The predicted octanol–water partition coefficient (Wildman–Crippen LogP) is 0.211. The molecule has 3 rings (SSSR count). The number of nitrogens with one attached hydrogen (secondary N) is 2. The van der Waals surface area contributed by atoms with Crippen LogP contribution in [0.25, 0.3) is 10.8 Å². The van der Waals surface area contributed by atoms with Gasteiger partial charge in [-0.1, -0.05) is 30.3 Å². The van der Waals surface area contributed by atoms with Crippen LogP contribution < -0.4 is 21.5 Å². The third-order valence-electron chi connectivity index (χ3n) is 5.38. The monoisotopic (exact) mass is 490 g/mol. The van der Waals surface area contributed by atoms with Crippen molar-refractivity contribution in [2.24, 2.45) is 16.6 Å². The normalized spacial score (nSPS) is 16.3. The number of nitrogens with zero attached hydrogens (tertiary/aromatic N) is 2. The van der Waals surface area contributed by atoms with Crippen LogP contribution in [0.1, 0.15) is 25.7 Å². The molecule has 1 heterocycles. The first-order valence-electron chi connectivity index (χ1n) is 11.0. The highest BCUT2D eigenvalue weighted by molar-refractivity contribution is 7.89. The van der Waals surface area contributed by atoms with Gasteiger partial charge in [0.15, 0.2) is 0 Å². The number of hydrogen-bond donors (Lipinski definition) is 4. The van der Waals surface area contributed by atoms with Gasteiger partial charge in [-0.25, -0.2) is 8.42 Å². The second-order valence-corrected chi connectivity index (χ2v) is 9.67. The lowest BCUT2D eigenvalue weighted by Crippen LogP contribution is -2.52. The van der Waals surface area contributed by atoms with Crippen molar-refractivity contribution >= 4 is 38.6 Å². The van der Waals surface area contributed by atoms with Crippen LogP contribution in [0, 0.1) is 0 Å². The van der Waals surface area contributed by atoms with E-state index >= 15 is 0 Å². The van der Waals surface area contributed by atoms with E-state index in [0.717, 1.165) is 10.8 Å². The maximum atomic E-state index is 12.9. The molecular formula is C22H30N6O5S. The first-order valence-corrected chi connectivity index (χ1v) is 12.5. The summed E-state index contributed by atoms with van der Waals surface area (Å²) < 4.78 is 28.4. The maximum Gasteiger partial charge on any atom is 0.241 e. The van der Waals surface area contributed by atoms with E-state index in [4.69, 9.17) is 16.3 Å². The number of amides is 2. The number of likely N-dealkylation sites (tertiary alicyclic amines) is 1. The van der Waals surface area contributed by atoms with E-state index in [0.29, 0.717) is 32.4 Å². The molecule has 1 saturated heterocycles. The largest absolute Gasteiger partial charge is 0.391 e. The highest BCUT2D eigenvalue weighted by Gasteiger charge is 2.32. The Labute approximate surface area is 198 Å². The molecule has 0 saturated carbocycles. The van der Waals surface area contributed by atoms with Gasteiger partial charge in [-0.2, -0.15) is 4.72 Å². The molecular weight excluding hydrogens is 460 g/mol. The smallest absolute Gasteiger partial charge is 0.241 e. The van der Waals surface area contributed by atoms with Gasteiger partial charge in [-0.05, 0) is 47.3 Å². The minimum Gasteiger partial charge on any atom is -0.391 e. The zero-order valence-corrected chi connectivity index (χ0v) is 19.6. The summed E-state index contributed by atoms with van der Waals surface area (Å²) in [6, 6.07) is 11.5. The second kappa shape index (κ2) is 11.7. The number of carbonyl (C=O) groups excluding carboxylic acids is 2. The van der Waals surface area contributed by atoms with Crippen molar-refractivity contribution in [1.82, 2.24) is 14.9 Å². The number of fused-ring (bicyclic) bond motifs is 1. The molecule has 0 aromatic heterocycles. The van der Waals surface area contributed by atoms with Gasteiger partial charge < -0.3 is 26.5 Å². The predicted molar refractivity (Wildman–Crippen MR) is 128 cm³/mol. The fraction of sp³-hybridized carbons (Fsp3) is 0.409. The summed E-state index contributed by atoms with van der Waals surface area (Å²) in [7, 11) is -3.86.